The highest BCUT2D eigenvalue weighted by Gasteiger charge is 2.14. The highest BCUT2D eigenvalue weighted by atomic mass is 16.3. The Labute approximate surface area is 158 Å². The Morgan fingerprint density at radius 3 is 1.48 bits per heavy atom. The van der Waals surface area contributed by atoms with Crippen LogP contribution in [0.25, 0.3) is 11.1 Å². The molecular weight excluding hydrogens is 332 g/mol. The van der Waals surface area contributed by atoms with E-state index in [1.165, 1.54) is 0 Å². The molecule has 0 aliphatic carbocycles. The third kappa shape index (κ3) is 3.77. The minimum atomic E-state index is 0.246. The second-order valence-electron chi connectivity index (χ2n) is 6.23. The van der Waals surface area contributed by atoms with Gasteiger partial charge in [0, 0.05) is 33.9 Å². The summed E-state index contributed by atoms with van der Waals surface area (Å²) in [6.45, 7) is 0. The molecule has 0 bridgehead atoms. The van der Waals surface area contributed by atoms with Crippen LogP contribution in [0.1, 0.15) is 0 Å². The molecule has 0 aliphatic rings. The van der Waals surface area contributed by atoms with Crippen LogP contribution in [-0.2, 0) is 0 Å². The highest BCUT2D eigenvalue weighted by molar-refractivity contribution is 5.94. The van der Waals surface area contributed by atoms with Crippen LogP contribution < -0.4 is 10.6 Å². The lowest BCUT2D eigenvalue weighted by Crippen LogP contribution is -1.98. The van der Waals surface area contributed by atoms with Gasteiger partial charge in [-0.15, -0.1) is 0 Å². The number of phenols is 1. The predicted molar refractivity (Wildman–Crippen MR) is 113 cm³/mol. The monoisotopic (exact) mass is 352 g/mol. The van der Waals surface area contributed by atoms with Gasteiger partial charge < -0.3 is 15.7 Å². The summed E-state index contributed by atoms with van der Waals surface area (Å²) in [5, 5.41) is 17.4. The Morgan fingerprint density at radius 1 is 0.481 bits per heavy atom. The van der Waals surface area contributed by atoms with E-state index in [0.717, 1.165) is 33.9 Å². The minimum Gasteiger partial charge on any atom is -0.507 e. The van der Waals surface area contributed by atoms with E-state index >= 15 is 0 Å². The number of hydrogen-bond donors (Lipinski definition) is 3. The second-order valence-corrected chi connectivity index (χ2v) is 6.23. The molecule has 3 N–H and O–H groups in total. The van der Waals surface area contributed by atoms with Crippen LogP contribution in [0.3, 0.4) is 0 Å². The number of phenolic OH excluding ortho intramolecular Hbond substituents is 1. The Kier molecular flexibility index (Phi) is 4.75. The summed E-state index contributed by atoms with van der Waals surface area (Å²) in [6, 6.07) is 33.5. The standard InChI is InChI=1S/C24H20N2O/c27-23-17-8-7-14-20(23)24-21(25-18-10-3-1-4-11-18)15-9-16-22(24)26-19-12-5-2-6-13-19/h1-17,25-27H. The molecule has 0 unspecified atom stereocenters. The molecule has 4 aromatic rings. The van der Waals surface area contributed by atoms with E-state index in [1.807, 2.05) is 97.1 Å². The normalized spacial score (nSPS) is 10.4. The first kappa shape index (κ1) is 16.7. The molecule has 0 fully saturated rings. The lowest BCUT2D eigenvalue weighted by Gasteiger charge is -2.19. The van der Waals surface area contributed by atoms with Crippen LogP contribution in [0.15, 0.2) is 103 Å². The molecule has 27 heavy (non-hydrogen) atoms. The van der Waals surface area contributed by atoms with Gasteiger partial charge in [0.25, 0.3) is 0 Å². The first-order valence-electron chi connectivity index (χ1n) is 8.87. The smallest absolute Gasteiger partial charge is 0.123 e. The molecule has 3 heteroatoms. The van der Waals surface area contributed by atoms with E-state index < -0.39 is 0 Å². The summed E-state index contributed by atoms with van der Waals surface area (Å²) in [6.07, 6.45) is 0. The van der Waals surface area contributed by atoms with Gasteiger partial charge in [0.05, 0.1) is 0 Å². The van der Waals surface area contributed by atoms with Gasteiger partial charge in [-0.25, -0.2) is 0 Å². The quantitative estimate of drug-likeness (QED) is 0.382. The predicted octanol–water partition coefficient (Wildman–Crippen LogP) is 6.55. The minimum absolute atomic E-state index is 0.246. The van der Waals surface area contributed by atoms with Gasteiger partial charge in [-0.2, -0.15) is 0 Å². The maximum Gasteiger partial charge on any atom is 0.123 e. The molecule has 4 rings (SSSR count). The van der Waals surface area contributed by atoms with Crippen molar-refractivity contribution in [3.05, 3.63) is 103 Å². The molecule has 0 aromatic heterocycles. The van der Waals surface area contributed by atoms with Crippen LogP contribution >= 0.6 is 0 Å². The van der Waals surface area contributed by atoms with Crippen molar-refractivity contribution >= 4 is 22.7 Å². The highest BCUT2D eigenvalue weighted by Crippen LogP contribution is 2.41. The van der Waals surface area contributed by atoms with Crippen molar-refractivity contribution in [1.29, 1.82) is 0 Å². The Bertz CT molecular complexity index is 971. The van der Waals surface area contributed by atoms with E-state index in [4.69, 9.17) is 0 Å². The summed E-state index contributed by atoms with van der Waals surface area (Å²) >= 11 is 0. The molecule has 0 saturated heterocycles. The molecule has 0 aliphatic heterocycles. The molecular formula is C24H20N2O. The van der Waals surface area contributed by atoms with E-state index in [0.29, 0.717) is 0 Å². The van der Waals surface area contributed by atoms with Gasteiger partial charge in [-0.3, -0.25) is 0 Å². The fourth-order valence-corrected chi connectivity index (χ4v) is 3.09. The van der Waals surface area contributed by atoms with Crippen LogP contribution in [0.4, 0.5) is 22.7 Å². The van der Waals surface area contributed by atoms with Crippen molar-refractivity contribution in [2.24, 2.45) is 0 Å². The largest absolute Gasteiger partial charge is 0.507 e. The Balaban J connectivity index is 1.83. The van der Waals surface area contributed by atoms with E-state index in [-0.39, 0.29) is 5.75 Å². The zero-order chi connectivity index (χ0) is 18.5. The zero-order valence-electron chi connectivity index (χ0n) is 14.8. The van der Waals surface area contributed by atoms with Gasteiger partial charge >= 0.3 is 0 Å². The molecule has 0 spiro atoms. The van der Waals surface area contributed by atoms with Crippen molar-refractivity contribution in [3.63, 3.8) is 0 Å². The molecule has 0 saturated carbocycles. The van der Waals surface area contributed by atoms with E-state index in [9.17, 15) is 5.11 Å². The molecule has 132 valence electrons. The van der Waals surface area contributed by atoms with Gasteiger partial charge in [0.2, 0.25) is 0 Å². The average molecular weight is 352 g/mol. The van der Waals surface area contributed by atoms with Crippen molar-refractivity contribution in [3.8, 4) is 16.9 Å². The summed E-state index contributed by atoms with van der Waals surface area (Å²) in [7, 11) is 0. The fraction of sp³-hybridized carbons (Fsp3) is 0. The van der Waals surface area contributed by atoms with Crippen LogP contribution in [-0.4, -0.2) is 5.11 Å². The number of nitrogens with one attached hydrogen (secondary N) is 2. The molecule has 3 nitrogen and oxygen atoms in total. The Hall–Kier alpha value is -3.72. The number of anilines is 4. The van der Waals surface area contributed by atoms with Gasteiger partial charge in [-0.1, -0.05) is 60.7 Å². The topological polar surface area (TPSA) is 44.3 Å². The zero-order valence-corrected chi connectivity index (χ0v) is 14.8. The van der Waals surface area contributed by atoms with Gasteiger partial charge in [0.1, 0.15) is 5.75 Å². The van der Waals surface area contributed by atoms with Gasteiger partial charge in [0.15, 0.2) is 0 Å². The Morgan fingerprint density at radius 2 is 0.963 bits per heavy atom. The summed E-state index contributed by atoms with van der Waals surface area (Å²) in [5.41, 5.74) is 5.52. The molecule has 0 heterocycles. The van der Waals surface area contributed by atoms with Crippen LogP contribution in [0.5, 0.6) is 5.75 Å². The van der Waals surface area contributed by atoms with Crippen molar-refractivity contribution in [2.75, 3.05) is 10.6 Å². The van der Waals surface area contributed by atoms with Crippen molar-refractivity contribution in [2.45, 2.75) is 0 Å². The average Bonchev–Trinajstić information content (AvgIpc) is 2.71. The second kappa shape index (κ2) is 7.67. The molecule has 4 aromatic carbocycles. The summed E-state index contributed by atoms with van der Waals surface area (Å²) < 4.78 is 0. The van der Waals surface area contributed by atoms with Crippen molar-refractivity contribution < 1.29 is 5.11 Å². The van der Waals surface area contributed by atoms with E-state index in [1.54, 1.807) is 6.07 Å². The number of rotatable bonds is 5. The van der Waals surface area contributed by atoms with Crippen LogP contribution in [0.2, 0.25) is 0 Å². The molecule has 0 atom stereocenters. The molecule has 0 radical (unpaired) electrons. The maximum absolute atomic E-state index is 10.5. The van der Waals surface area contributed by atoms with E-state index in [2.05, 4.69) is 10.6 Å². The van der Waals surface area contributed by atoms with Crippen molar-refractivity contribution in [1.82, 2.24) is 0 Å². The fourth-order valence-electron chi connectivity index (χ4n) is 3.09. The first-order valence-corrected chi connectivity index (χ1v) is 8.87. The lowest BCUT2D eigenvalue weighted by atomic mass is 9.99. The third-order valence-electron chi connectivity index (χ3n) is 4.34. The molecule has 0 amide bonds. The first-order chi connectivity index (χ1) is 13.3. The number of benzene rings is 4. The SMILES string of the molecule is Oc1ccccc1-c1c(Nc2ccccc2)cccc1Nc1ccccc1. The maximum atomic E-state index is 10.5. The summed E-state index contributed by atoms with van der Waals surface area (Å²) in [4.78, 5) is 0. The number of para-hydroxylation sites is 3. The third-order valence-corrected chi connectivity index (χ3v) is 4.34. The number of hydrogen-bond acceptors (Lipinski definition) is 3. The summed E-state index contributed by atoms with van der Waals surface area (Å²) in [5.74, 6) is 0.246. The lowest BCUT2D eigenvalue weighted by molar-refractivity contribution is 0.477. The van der Waals surface area contributed by atoms with Gasteiger partial charge in [-0.05, 0) is 42.5 Å². The van der Waals surface area contributed by atoms with Crippen LogP contribution in [0, 0.1) is 0 Å². The number of aromatic hydroxyl groups is 1.